The summed E-state index contributed by atoms with van der Waals surface area (Å²) in [5, 5.41) is 10.2. The van der Waals surface area contributed by atoms with E-state index in [1.165, 1.54) is 0 Å². The van der Waals surface area contributed by atoms with Gasteiger partial charge in [0, 0.05) is 11.9 Å². The number of aromatic nitrogens is 1. The summed E-state index contributed by atoms with van der Waals surface area (Å²) >= 11 is 0. The number of para-hydroxylation sites is 1. The molecule has 21 heavy (non-hydrogen) atoms. The van der Waals surface area contributed by atoms with Crippen LogP contribution in [0.3, 0.4) is 0 Å². The van der Waals surface area contributed by atoms with Gasteiger partial charge in [-0.25, -0.2) is 4.98 Å². The minimum absolute atomic E-state index is 0.0877. The molecule has 1 aromatic carbocycles. The molecule has 2 rings (SSSR count). The van der Waals surface area contributed by atoms with Crippen LogP contribution in [0.5, 0.6) is 0 Å². The molecule has 0 saturated heterocycles. The Morgan fingerprint density at radius 2 is 2.14 bits per heavy atom. The van der Waals surface area contributed by atoms with Crippen molar-refractivity contribution in [3.05, 3.63) is 35.9 Å². The molecule has 0 spiro atoms. The van der Waals surface area contributed by atoms with E-state index in [2.05, 4.69) is 11.1 Å². The Hall–Kier alpha value is -2.61. The Bertz CT molecular complexity index is 691. The monoisotopic (exact) mass is 283 g/mol. The average molecular weight is 283 g/mol. The number of likely N-dealkylation sites (N-methyl/N-ethyl adjacent to an activating group) is 1. The Morgan fingerprint density at radius 1 is 1.38 bits per heavy atom. The predicted molar refractivity (Wildman–Crippen MR) is 81.0 cm³/mol. The van der Waals surface area contributed by atoms with E-state index in [1.807, 2.05) is 31.2 Å². The van der Waals surface area contributed by atoms with Crippen molar-refractivity contribution in [2.75, 3.05) is 24.6 Å². The molecule has 0 aliphatic rings. The number of nitrogens with zero attached hydrogens (tertiary/aromatic N) is 3. The number of rotatable bonds is 5. The molecule has 0 saturated carbocycles. The van der Waals surface area contributed by atoms with Crippen molar-refractivity contribution in [1.29, 1.82) is 5.26 Å². The Kier molecular flexibility index (Phi) is 4.72. The molecule has 1 aromatic heterocycles. The molecular weight excluding hydrogens is 266 g/mol. The number of esters is 1. The van der Waals surface area contributed by atoms with E-state index in [1.54, 1.807) is 17.9 Å². The van der Waals surface area contributed by atoms with Gasteiger partial charge in [0.1, 0.15) is 18.4 Å². The molecule has 108 valence electrons. The second-order valence-corrected chi connectivity index (χ2v) is 4.48. The van der Waals surface area contributed by atoms with E-state index in [0.717, 1.165) is 10.9 Å². The quantitative estimate of drug-likeness (QED) is 0.789. The topological polar surface area (TPSA) is 66.2 Å². The van der Waals surface area contributed by atoms with E-state index < -0.39 is 0 Å². The van der Waals surface area contributed by atoms with Crippen molar-refractivity contribution in [1.82, 2.24) is 4.98 Å². The van der Waals surface area contributed by atoms with Gasteiger partial charge in [-0.15, -0.1) is 0 Å². The highest BCUT2D eigenvalue weighted by molar-refractivity contribution is 5.84. The summed E-state index contributed by atoms with van der Waals surface area (Å²) in [6.07, 6.45) is 0. The first-order valence-corrected chi connectivity index (χ1v) is 6.90. The van der Waals surface area contributed by atoms with Crippen LogP contribution < -0.4 is 4.90 Å². The molecule has 0 unspecified atom stereocenters. The molecule has 0 radical (unpaired) electrons. The molecule has 5 heteroatoms. The summed E-state index contributed by atoms with van der Waals surface area (Å²) in [5.74, 6) is 0.199. The molecule has 0 N–H and O–H groups in total. The van der Waals surface area contributed by atoms with Gasteiger partial charge in [0.25, 0.3) is 0 Å². The van der Waals surface area contributed by atoms with Gasteiger partial charge in [-0.1, -0.05) is 18.2 Å². The van der Waals surface area contributed by atoms with E-state index in [-0.39, 0.29) is 12.5 Å². The number of fused-ring (bicyclic) bond motifs is 1. The third-order valence-electron chi connectivity index (χ3n) is 3.13. The normalized spacial score (nSPS) is 10.1. The largest absolute Gasteiger partial charge is 0.465 e. The van der Waals surface area contributed by atoms with Crippen LogP contribution in [0.1, 0.15) is 19.4 Å². The number of ether oxygens (including phenoxy) is 1. The van der Waals surface area contributed by atoms with Crippen LogP contribution in [0.4, 0.5) is 5.82 Å². The number of hydrogen-bond acceptors (Lipinski definition) is 5. The van der Waals surface area contributed by atoms with Crippen molar-refractivity contribution in [3.8, 4) is 6.07 Å². The Morgan fingerprint density at radius 3 is 2.81 bits per heavy atom. The van der Waals surface area contributed by atoms with Gasteiger partial charge in [0.05, 0.1) is 17.7 Å². The number of pyridine rings is 1. The van der Waals surface area contributed by atoms with Crippen LogP contribution >= 0.6 is 0 Å². The van der Waals surface area contributed by atoms with E-state index in [4.69, 9.17) is 4.74 Å². The van der Waals surface area contributed by atoms with Crippen molar-refractivity contribution < 1.29 is 9.53 Å². The lowest BCUT2D eigenvalue weighted by Crippen LogP contribution is -2.32. The number of benzene rings is 1. The minimum atomic E-state index is -0.321. The smallest absolute Gasteiger partial charge is 0.325 e. The molecule has 0 amide bonds. The second-order valence-electron chi connectivity index (χ2n) is 4.48. The van der Waals surface area contributed by atoms with Crippen molar-refractivity contribution in [2.45, 2.75) is 13.8 Å². The maximum absolute atomic E-state index is 11.7. The number of hydrogen-bond donors (Lipinski definition) is 0. The van der Waals surface area contributed by atoms with Gasteiger partial charge in [-0.05, 0) is 26.0 Å². The third-order valence-corrected chi connectivity index (χ3v) is 3.13. The summed E-state index contributed by atoms with van der Waals surface area (Å²) in [6, 6.07) is 11.5. The summed E-state index contributed by atoms with van der Waals surface area (Å²) in [4.78, 5) is 18.0. The van der Waals surface area contributed by atoms with Gasteiger partial charge in [-0.3, -0.25) is 4.79 Å². The first-order valence-electron chi connectivity index (χ1n) is 6.90. The van der Waals surface area contributed by atoms with Gasteiger partial charge in [0.15, 0.2) is 0 Å². The summed E-state index contributed by atoms with van der Waals surface area (Å²) < 4.78 is 4.97. The first-order chi connectivity index (χ1) is 10.2. The Balaban J connectivity index is 2.42. The molecule has 0 atom stereocenters. The molecule has 5 nitrogen and oxygen atoms in total. The van der Waals surface area contributed by atoms with Crippen molar-refractivity contribution in [3.63, 3.8) is 0 Å². The van der Waals surface area contributed by atoms with Gasteiger partial charge >= 0.3 is 5.97 Å². The van der Waals surface area contributed by atoms with Crippen molar-refractivity contribution in [2.24, 2.45) is 0 Å². The maximum Gasteiger partial charge on any atom is 0.325 e. The SMILES string of the molecule is CCOC(=O)CN(CC)c1nc2ccccc2cc1C#N. The highest BCUT2D eigenvalue weighted by Crippen LogP contribution is 2.23. The zero-order valence-corrected chi connectivity index (χ0v) is 12.2. The maximum atomic E-state index is 11.7. The average Bonchev–Trinajstić information content (AvgIpc) is 2.51. The fraction of sp³-hybridized carbons (Fsp3) is 0.312. The second kappa shape index (κ2) is 6.71. The van der Waals surface area contributed by atoms with Gasteiger partial charge in [-0.2, -0.15) is 5.26 Å². The zero-order chi connectivity index (χ0) is 15.2. The van der Waals surface area contributed by atoms with E-state index >= 15 is 0 Å². The number of carbonyl (C=O) groups is 1. The molecule has 0 bridgehead atoms. The minimum Gasteiger partial charge on any atom is -0.465 e. The lowest BCUT2D eigenvalue weighted by atomic mass is 10.1. The Labute approximate surface area is 123 Å². The lowest BCUT2D eigenvalue weighted by Gasteiger charge is -2.22. The number of carbonyl (C=O) groups excluding carboxylic acids is 1. The van der Waals surface area contributed by atoms with Crippen LogP contribution in [0.2, 0.25) is 0 Å². The molecule has 0 aliphatic carbocycles. The van der Waals surface area contributed by atoms with Crippen LogP contribution in [-0.2, 0) is 9.53 Å². The van der Waals surface area contributed by atoms with Gasteiger partial charge in [0.2, 0.25) is 0 Å². The standard InChI is InChI=1S/C16H17N3O2/c1-3-19(11-15(20)21-4-2)16-13(10-17)9-12-7-5-6-8-14(12)18-16/h5-9H,3-4,11H2,1-2H3. The summed E-state index contributed by atoms with van der Waals surface area (Å²) in [6.45, 7) is 4.68. The predicted octanol–water partition coefficient (Wildman–Crippen LogP) is 2.50. The lowest BCUT2D eigenvalue weighted by molar-refractivity contribution is -0.141. The fourth-order valence-electron chi connectivity index (χ4n) is 2.13. The van der Waals surface area contributed by atoms with E-state index in [9.17, 15) is 10.1 Å². The van der Waals surface area contributed by atoms with E-state index in [0.29, 0.717) is 24.5 Å². The van der Waals surface area contributed by atoms with Crippen molar-refractivity contribution >= 4 is 22.7 Å². The number of nitriles is 1. The molecule has 0 fully saturated rings. The third kappa shape index (κ3) is 3.29. The van der Waals surface area contributed by atoms with Crippen LogP contribution in [0, 0.1) is 11.3 Å². The highest BCUT2D eigenvalue weighted by Gasteiger charge is 2.16. The van der Waals surface area contributed by atoms with Gasteiger partial charge < -0.3 is 9.64 Å². The van der Waals surface area contributed by atoms with Crippen LogP contribution in [-0.4, -0.2) is 30.6 Å². The van der Waals surface area contributed by atoms with Crippen LogP contribution in [0.15, 0.2) is 30.3 Å². The first kappa shape index (κ1) is 14.8. The molecule has 2 aromatic rings. The molecule has 1 heterocycles. The summed E-state index contributed by atoms with van der Waals surface area (Å²) in [7, 11) is 0. The zero-order valence-electron chi connectivity index (χ0n) is 12.2. The fourth-order valence-corrected chi connectivity index (χ4v) is 2.13. The summed E-state index contributed by atoms with van der Waals surface area (Å²) in [5.41, 5.74) is 1.26. The molecular formula is C16H17N3O2. The highest BCUT2D eigenvalue weighted by atomic mass is 16.5. The number of anilines is 1. The van der Waals surface area contributed by atoms with Crippen LogP contribution in [0.25, 0.3) is 10.9 Å². The molecule has 0 aliphatic heterocycles.